The molecule has 0 aromatic heterocycles. The van der Waals surface area contributed by atoms with Crippen molar-refractivity contribution >= 4 is 32.3 Å². The quantitative estimate of drug-likeness (QED) is 0.564. The summed E-state index contributed by atoms with van der Waals surface area (Å²) in [7, 11) is -1.66. The molecule has 0 heterocycles. The van der Waals surface area contributed by atoms with Crippen LogP contribution in [0.3, 0.4) is 0 Å². The van der Waals surface area contributed by atoms with Crippen LogP contribution in [0.2, 0.25) is 0 Å². The van der Waals surface area contributed by atoms with Gasteiger partial charge in [0, 0.05) is 23.2 Å². The van der Waals surface area contributed by atoms with Gasteiger partial charge in [-0.2, -0.15) is 0 Å². The SMILES string of the molecule is COc1c(-c2ccc3cc(NS(C)(=O)=O)ccc3c2)cc(CC(C)=O)cc1C(C)(C)C. The number of Topliss-reactive ketones (excluding diaryl/α,β-unsaturated/α-hetero) is 1. The van der Waals surface area contributed by atoms with Crippen molar-refractivity contribution in [2.45, 2.75) is 39.5 Å². The number of methoxy groups -OCH3 is 1. The number of carbonyl (C=O) groups excluding carboxylic acids is 1. The van der Waals surface area contributed by atoms with Crippen molar-refractivity contribution in [2.24, 2.45) is 0 Å². The van der Waals surface area contributed by atoms with Gasteiger partial charge in [0.15, 0.2) is 0 Å². The van der Waals surface area contributed by atoms with Crippen LogP contribution in [-0.4, -0.2) is 27.6 Å². The molecule has 0 saturated carbocycles. The molecule has 3 aromatic carbocycles. The molecule has 0 atom stereocenters. The summed E-state index contributed by atoms with van der Waals surface area (Å²) in [5.41, 5.74) is 4.29. The number of ether oxygens (including phenoxy) is 1. The number of ketones is 1. The number of fused-ring (bicyclic) bond motifs is 1. The average Bonchev–Trinajstić information content (AvgIpc) is 2.64. The molecule has 0 aliphatic rings. The van der Waals surface area contributed by atoms with E-state index in [1.807, 2.05) is 30.3 Å². The zero-order chi connectivity index (χ0) is 23.0. The van der Waals surface area contributed by atoms with Gasteiger partial charge in [-0.3, -0.25) is 9.52 Å². The Hall–Kier alpha value is -2.86. The Labute approximate surface area is 184 Å². The standard InChI is InChI=1S/C25H29NO4S/c1-16(27)11-17-12-22(24(30-5)23(13-17)25(2,3)4)20-8-7-19-15-21(26-31(6,28)29)10-9-18(19)14-20/h7-10,12-15,26H,11H2,1-6H3. The predicted octanol–water partition coefficient (Wildman–Crippen LogP) is 5.32. The van der Waals surface area contributed by atoms with Crippen molar-refractivity contribution in [3.05, 3.63) is 59.7 Å². The van der Waals surface area contributed by atoms with E-state index in [1.165, 1.54) is 0 Å². The van der Waals surface area contributed by atoms with Crippen LogP contribution in [0.15, 0.2) is 48.5 Å². The molecule has 6 heteroatoms. The number of nitrogens with one attached hydrogen (secondary N) is 1. The molecule has 0 radical (unpaired) electrons. The van der Waals surface area contributed by atoms with Gasteiger partial charge in [-0.1, -0.05) is 45.0 Å². The first-order valence-electron chi connectivity index (χ1n) is 10.1. The normalized spacial score (nSPS) is 12.1. The average molecular weight is 440 g/mol. The Morgan fingerprint density at radius 1 is 1.00 bits per heavy atom. The Kier molecular flexibility index (Phi) is 6.14. The smallest absolute Gasteiger partial charge is 0.229 e. The fourth-order valence-electron chi connectivity index (χ4n) is 3.76. The molecule has 164 valence electrons. The van der Waals surface area contributed by atoms with E-state index < -0.39 is 10.0 Å². The first kappa shape index (κ1) is 22.8. The highest BCUT2D eigenvalue weighted by Gasteiger charge is 2.23. The van der Waals surface area contributed by atoms with Crippen LogP contribution in [0.5, 0.6) is 5.75 Å². The highest BCUT2D eigenvalue weighted by atomic mass is 32.2. The van der Waals surface area contributed by atoms with E-state index in [9.17, 15) is 13.2 Å². The van der Waals surface area contributed by atoms with Crippen LogP contribution >= 0.6 is 0 Å². The number of carbonyl (C=O) groups is 1. The van der Waals surface area contributed by atoms with Gasteiger partial charge in [0.25, 0.3) is 0 Å². The van der Waals surface area contributed by atoms with E-state index in [0.29, 0.717) is 12.1 Å². The third-order valence-corrected chi connectivity index (χ3v) is 5.67. The summed E-state index contributed by atoms with van der Waals surface area (Å²) < 4.78 is 31.4. The van der Waals surface area contributed by atoms with Crippen LogP contribution in [0, 0.1) is 0 Å². The Morgan fingerprint density at radius 3 is 2.23 bits per heavy atom. The molecule has 0 spiro atoms. The number of hydrogen-bond donors (Lipinski definition) is 1. The molecular formula is C25H29NO4S. The van der Waals surface area contributed by atoms with Crippen molar-refractivity contribution < 1.29 is 17.9 Å². The first-order valence-corrected chi connectivity index (χ1v) is 12.0. The molecule has 3 rings (SSSR count). The second kappa shape index (κ2) is 8.35. The van der Waals surface area contributed by atoms with E-state index >= 15 is 0 Å². The molecule has 0 bridgehead atoms. The zero-order valence-electron chi connectivity index (χ0n) is 18.9. The molecule has 0 saturated heterocycles. The predicted molar refractivity (Wildman–Crippen MR) is 127 cm³/mol. The lowest BCUT2D eigenvalue weighted by Gasteiger charge is -2.25. The van der Waals surface area contributed by atoms with Crippen LogP contribution in [0.25, 0.3) is 21.9 Å². The zero-order valence-corrected chi connectivity index (χ0v) is 19.7. The summed E-state index contributed by atoms with van der Waals surface area (Å²) in [4.78, 5) is 11.8. The van der Waals surface area contributed by atoms with Crippen molar-refractivity contribution in [3.63, 3.8) is 0 Å². The highest BCUT2D eigenvalue weighted by Crippen LogP contribution is 2.41. The monoisotopic (exact) mass is 439 g/mol. The Morgan fingerprint density at radius 2 is 1.65 bits per heavy atom. The van der Waals surface area contributed by atoms with Crippen molar-refractivity contribution in [1.82, 2.24) is 0 Å². The van der Waals surface area contributed by atoms with Gasteiger partial charge >= 0.3 is 0 Å². The molecule has 5 nitrogen and oxygen atoms in total. The molecule has 1 N–H and O–H groups in total. The number of benzene rings is 3. The molecule has 0 aliphatic carbocycles. The first-order chi connectivity index (χ1) is 14.4. The molecule has 0 fully saturated rings. The number of sulfonamides is 1. The van der Waals surface area contributed by atoms with Crippen molar-refractivity contribution in [1.29, 1.82) is 0 Å². The van der Waals surface area contributed by atoms with Crippen LogP contribution in [0.1, 0.15) is 38.8 Å². The minimum absolute atomic E-state index is 0.111. The van der Waals surface area contributed by atoms with Gasteiger partial charge in [-0.15, -0.1) is 0 Å². The lowest BCUT2D eigenvalue weighted by atomic mass is 9.82. The molecular weight excluding hydrogens is 410 g/mol. The minimum Gasteiger partial charge on any atom is -0.496 e. The second-order valence-electron chi connectivity index (χ2n) is 9.00. The topological polar surface area (TPSA) is 72.5 Å². The maximum absolute atomic E-state index is 11.8. The second-order valence-corrected chi connectivity index (χ2v) is 10.8. The van der Waals surface area contributed by atoms with Gasteiger partial charge < -0.3 is 4.74 Å². The third kappa shape index (κ3) is 5.44. The van der Waals surface area contributed by atoms with Crippen molar-refractivity contribution in [3.8, 4) is 16.9 Å². The summed E-state index contributed by atoms with van der Waals surface area (Å²) in [6, 6.07) is 15.6. The Bertz CT molecular complexity index is 1250. The highest BCUT2D eigenvalue weighted by molar-refractivity contribution is 7.92. The molecule has 0 aliphatic heterocycles. The van der Waals surface area contributed by atoms with E-state index in [1.54, 1.807) is 20.1 Å². The molecule has 0 amide bonds. The minimum atomic E-state index is -3.33. The summed E-state index contributed by atoms with van der Waals surface area (Å²) in [5, 5.41) is 1.90. The molecule has 31 heavy (non-hydrogen) atoms. The summed E-state index contributed by atoms with van der Waals surface area (Å²) in [6.07, 6.45) is 1.50. The van der Waals surface area contributed by atoms with Gasteiger partial charge in [0.2, 0.25) is 10.0 Å². The summed E-state index contributed by atoms with van der Waals surface area (Å²) in [5.74, 6) is 0.912. The molecule has 3 aromatic rings. The molecule has 0 unspecified atom stereocenters. The fourth-order valence-corrected chi connectivity index (χ4v) is 4.32. The third-order valence-electron chi connectivity index (χ3n) is 5.07. The van der Waals surface area contributed by atoms with Crippen LogP contribution in [0.4, 0.5) is 5.69 Å². The van der Waals surface area contributed by atoms with Crippen LogP contribution in [-0.2, 0) is 26.7 Å². The lowest BCUT2D eigenvalue weighted by Crippen LogP contribution is -2.14. The van der Waals surface area contributed by atoms with Crippen LogP contribution < -0.4 is 9.46 Å². The fraction of sp³-hybridized carbons (Fsp3) is 0.320. The number of hydrogen-bond acceptors (Lipinski definition) is 4. The van der Waals surface area contributed by atoms with Gasteiger partial charge in [0.05, 0.1) is 13.4 Å². The maximum Gasteiger partial charge on any atom is 0.229 e. The maximum atomic E-state index is 11.8. The van der Waals surface area contributed by atoms with E-state index in [-0.39, 0.29) is 11.2 Å². The Balaban J connectivity index is 2.18. The van der Waals surface area contributed by atoms with E-state index in [4.69, 9.17) is 4.74 Å². The van der Waals surface area contributed by atoms with Gasteiger partial charge in [-0.25, -0.2) is 8.42 Å². The summed E-state index contributed by atoms with van der Waals surface area (Å²) in [6.45, 7) is 7.98. The van der Waals surface area contributed by atoms with E-state index in [0.717, 1.165) is 45.0 Å². The van der Waals surface area contributed by atoms with Gasteiger partial charge in [-0.05, 0) is 58.5 Å². The number of rotatable bonds is 6. The lowest BCUT2D eigenvalue weighted by molar-refractivity contribution is -0.116. The largest absolute Gasteiger partial charge is 0.496 e. The van der Waals surface area contributed by atoms with Crippen molar-refractivity contribution in [2.75, 3.05) is 18.1 Å². The van der Waals surface area contributed by atoms with Gasteiger partial charge in [0.1, 0.15) is 11.5 Å². The summed E-state index contributed by atoms with van der Waals surface area (Å²) >= 11 is 0. The number of anilines is 1. The van der Waals surface area contributed by atoms with E-state index in [2.05, 4.69) is 37.6 Å².